The van der Waals surface area contributed by atoms with Gasteiger partial charge in [0.25, 0.3) is 0 Å². The summed E-state index contributed by atoms with van der Waals surface area (Å²) in [5.41, 5.74) is 1.12. The normalized spacial score (nSPS) is 10.5. The summed E-state index contributed by atoms with van der Waals surface area (Å²) in [4.78, 5) is 10.9. The van der Waals surface area contributed by atoms with Crippen molar-refractivity contribution in [1.82, 2.24) is 9.78 Å². The summed E-state index contributed by atoms with van der Waals surface area (Å²) in [5.74, 6) is -1.07. The quantitative estimate of drug-likeness (QED) is 0.912. The molecule has 4 nitrogen and oxygen atoms in total. The fraction of sp³-hybridized carbons (Fsp3) is 0.0909. The number of rotatable bonds is 2. The molecule has 0 aliphatic rings. The zero-order chi connectivity index (χ0) is 12.6. The molecule has 0 fully saturated rings. The standard InChI is InChI=1S/C11H8Cl2N2O2/c1-6-5-15(14-10(6)11(16)17)8-4-2-3-7(12)9(8)13/h2-5H,1H3,(H,16,17). The Labute approximate surface area is 107 Å². The minimum atomic E-state index is -1.07. The first-order chi connectivity index (χ1) is 8.00. The van der Waals surface area contributed by atoms with Crippen LogP contribution in [0.4, 0.5) is 0 Å². The lowest BCUT2D eigenvalue weighted by Gasteiger charge is -2.04. The molecule has 0 unspecified atom stereocenters. The molecule has 0 aliphatic carbocycles. The summed E-state index contributed by atoms with van der Waals surface area (Å²) in [6.07, 6.45) is 1.60. The first-order valence-electron chi connectivity index (χ1n) is 4.74. The van der Waals surface area contributed by atoms with Gasteiger partial charge in [-0.2, -0.15) is 5.10 Å². The minimum absolute atomic E-state index is 0.000965. The van der Waals surface area contributed by atoms with Gasteiger partial charge in [0.1, 0.15) is 0 Å². The van der Waals surface area contributed by atoms with Crippen molar-refractivity contribution in [1.29, 1.82) is 0 Å². The molecule has 1 N–H and O–H groups in total. The van der Waals surface area contributed by atoms with Crippen LogP contribution in [0.3, 0.4) is 0 Å². The van der Waals surface area contributed by atoms with E-state index in [9.17, 15) is 4.79 Å². The van der Waals surface area contributed by atoms with E-state index < -0.39 is 5.97 Å². The van der Waals surface area contributed by atoms with Crippen molar-refractivity contribution in [3.8, 4) is 5.69 Å². The maximum Gasteiger partial charge on any atom is 0.356 e. The Hall–Kier alpha value is -1.52. The van der Waals surface area contributed by atoms with E-state index in [0.717, 1.165) is 0 Å². The van der Waals surface area contributed by atoms with Crippen LogP contribution in [0.15, 0.2) is 24.4 Å². The molecule has 0 aliphatic heterocycles. The van der Waals surface area contributed by atoms with Gasteiger partial charge in [0.2, 0.25) is 0 Å². The molecular formula is C11H8Cl2N2O2. The zero-order valence-corrected chi connectivity index (χ0v) is 10.3. The number of carboxylic acids is 1. The van der Waals surface area contributed by atoms with Crippen LogP contribution in [-0.2, 0) is 0 Å². The summed E-state index contributed by atoms with van der Waals surface area (Å²) in [6.45, 7) is 1.67. The fourth-order valence-electron chi connectivity index (χ4n) is 1.46. The van der Waals surface area contributed by atoms with E-state index in [1.807, 2.05) is 0 Å². The lowest BCUT2D eigenvalue weighted by atomic mass is 10.3. The highest BCUT2D eigenvalue weighted by molar-refractivity contribution is 6.43. The van der Waals surface area contributed by atoms with E-state index in [-0.39, 0.29) is 5.69 Å². The molecule has 88 valence electrons. The van der Waals surface area contributed by atoms with Crippen molar-refractivity contribution in [3.63, 3.8) is 0 Å². The largest absolute Gasteiger partial charge is 0.476 e. The van der Waals surface area contributed by atoms with Crippen molar-refractivity contribution >= 4 is 29.2 Å². The topological polar surface area (TPSA) is 55.1 Å². The molecule has 2 aromatic rings. The lowest BCUT2D eigenvalue weighted by molar-refractivity contribution is 0.0689. The van der Waals surface area contributed by atoms with E-state index in [1.165, 1.54) is 4.68 Å². The van der Waals surface area contributed by atoms with Crippen LogP contribution < -0.4 is 0 Å². The number of hydrogen-bond acceptors (Lipinski definition) is 2. The van der Waals surface area contributed by atoms with Crippen molar-refractivity contribution in [2.24, 2.45) is 0 Å². The molecule has 0 spiro atoms. The highest BCUT2D eigenvalue weighted by atomic mass is 35.5. The second kappa shape index (κ2) is 4.39. The molecule has 1 aromatic carbocycles. The number of carbonyl (C=O) groups is 1. The average Bonchev–Trinajstić information content (AvgIpc) is 2.64. The Morgan fingerprint density at radius 2 is 2.12 bits per heavy atom. The Morgan fingerprint density at radius 3 is 2.71 bits per heavy atom. The Morgan fingerprint density at radius 1 is 1.41 bits per heavy atom. The van der Waals surface area contributed by atoms with Crippen molar-refractivity contribution in [2.45, 2.75) is 6.92 Å². The van der Waals surface area contributed by atoms with Gasteiger partial charge in [0.05, 0.1) is 15.7 Å². The van der Waals surface area contributed by atoms with E-state index in [1.54, 1.807) is 31.3 Å². The first-order valence-corrected chi connectivity index (χ1v) is 5.50. The van der Waals surface area contributed by atoms with Gasteiger partial charge in [-0.05, 0) is 19.1 Å². The third-order valence-corrected chi connectivity index (χ3v) is 3.09. The number of aromatic carboxylic acids is 1. The summed E-state index contributed by atoms with van der Waals surface area (Å²) >= 11 is 11.9. The molecule has 1 aromatic heterocycles. The Balaban J connectivity index is 2.58. The monoisotopic (exact) mass is 270 g/mol. The lowest BCUT2D eigenvalue weighted by Crippen LogP contribution is -2.02. The minimum Gasteiger partial charge on any atom is -0.476 e. The maximum absolute atomic E-state index is 10.9. The average molecular weight is 271 g/mol. The number of benzene rings is 1. The van der Waals surface area contributed by atoms with Crippen LogP contribution in [0, 0.1) is 6.92 Å². The van der Waals surface area contributed by atoms with Gasteiger partial charge < -0.3 is 5.11 Å². The number of nitrogens with zero attached hydrogens (tertiary/aromatic N) is 2. The highest BCUT2D eigenvalue weighted by Gasteiger charge is 2.15. The van der Waals surface area contributed by atoms with Crippen LogP contribution in [0.25, 0.3) is 5.69 Å². The smallest absolute Gasteiger partial charge is 0.356 e. The first kappa shape index (κ1) is 12.0. The predicted molar refractivity (Wildman–Crippen MR) is 65.3 cm³/mol. The van der Waals surface area contributed by atoms with E-state index in [2.05, 4.69) is 5.10 Å². The molecule has 2 rings (SSSR count). The van der Waals surface area contributed by atoms with Crippen LogP contribution >= 0.6 is 23.2 Å². The van der Waals surface area contributed by atoms with Crippen LogP contribution in [0.2, 0.25) is 10.0 Å². The number of hydrogen-bond donors (Lipinski definition) is 1. The van der Waals surface area contributed by atoms with Gasteiger partial charge in [-0.3, -0.25) is 0 Å². The van der Waals surface area contributed by atoms with Crippen molar-refractivity contribution < 1.29 is 9.90 Å². The summed E-state index contributed by atoms with van der Waals surface area (Å²) < 4.78 is 1.41. The number of carboxylic acid groups (broad SMARTS) is 1. The van der Waals surface area contributed by atoms with Gasteiger partial charge in [0, 0.05) is 11.8 Å². The Bertz CT molecular complexity index is 593. The maximum atomic E-state index is 10.9. The van der Waals surface area contributed by atoms with Crippen LogP contribution in [0.1, 0.15) is 16.1 Å². The van der Waals surface area contributed by atoms with Crippen LogP contribution in [-0.4, -0.2) is 20.9 Å². The number of aryl methyl sites for hydroxylation is 1. The van der Waals surface area contributed by atoms with E-state index in [4.69, 9.17) is 28.3 Å². The summed E-state index contributed by atoms with van der Waals surface area (Å²) in [5, 5.41) is 13.6. The van der Waals surface area contributed by atoms with Gasteiger partial charge in [-0.25, -0.2) is 9.48 Å². The second-order valence-corrected chi connectivity index (χ2v) is 4.27. The summed E-state index contributed by atoms with van der Waals surface area (Å²) in [7, 11) is 0. The number of halogens is 2. The number of aromatic nitrogens is 2. The molecule has 1 heterocycles. The molecule has 0 radical (unpaired) electrons. The molecule has 0 saturated carbocycles. The van der Waals surface area contributed by atoms with E-state index >= 15 is 0 Å². The Kier molecular flexibility index (Phi) is 3.09. The van der Waals surface area contributed by atoms with Gasteiger partial charge in [0.15, 0.2) is 5.69 Å². The fourth-order valence-corrected chi connectivity index (χ4v) is 1.85. The molecular weight excluding hydrogens is 263 g/mol. The molecule has 17 heavy (non-hydrogen) atoms. The SMILES string of the molecule is Cc1cn(-c2cccc(Cl)c2Cl)nc1C(=O)O. The molecule has 6 heteroatoms. The molecule has 0 atom stereocenters. The van der Waals surface area contributed by atoms with Crippen LogP contribution in [0.5, 0.6) is 0 Å². The molecule has 0 amide bonds. The predicted octanol–water partition coefficient (Wildman–Crippen LogP) is 3.19. The van der Waals surface area contributed by atoms with Gasteiger partial charge >= 0.3 is 5.97 Å². The van der Waals surface area contributed by atoms with Gasteiger partial charge in [-0.15, -0.1) is 0 Å². The third-order valence-electron chi connectivity index (χ3n) is 2.28. The molecule has 0 saturated heterocycles. The molecule has 0 bridgehead atoms. The van der Waals surface area contributed by atoms with Gasteiger partial charge in [-0.1, -0.05) is 29.3 Å². The zero-order valence-electron chi connectivity index (χ0n) is 8.82. The van der Waals surface area contributed by atoms with Crippen molar-refractivity contribution in [3.05, 3.63) is 45.7 Å². The summed E-state index contributed by atoms with van der Waals surface area (Å²) in [6, 6.07) is 5.09. The van der Waals surface area contributed by atoms with E-state index in [0.29, 0.717) is 21.3 Å². The van der Waals surface area contributed by atoms with Crippen molar-refractivity contribution in [2.75, 3.05) is 0 Å². The third kappa shape index (κ3) is 2.14. The second-order valence-electron chi connectivity index (χ2n) is 3.48. The highest BCUT2D eigenvalue weighted by Crippen LogP contribution is 2.28.